The summed E-state index contributed by atoms with van der Waals surface area (Å²) in [5.74, 6) is -0.663. The van der Waals surface area contributed by atoms with Gasteiger partial charge >= 0.3 is 0 Å². The number of carbonyl (C=O) groups excluding carboxylic acids is 1. The maximum Gasteiger partial charge on any atom is 0.283 e. The first-order valence-corrected chi connectivity index (χ1v) is 11.4. The summed E-state index contributed by atoms with van der Waals surface area (Å²) in [7, 11) is -3.76. The minimum Gasteiger partial charge on any atom is -0.289 e. The van der Waals surface area contributed by atoms with E-state index in [9.17, 15) is 13.2 Å². The maximum atomic E-state index is 13.1. The molecule has 154 valence electrons. The minimum absolute atomic E-state index is 0.290. The number of carbonyl (C=O) groups is 1. The molecule has 1 amide bonds. The van der Waals surface area contributed by atoms with Gasteiger partial charge in [-0.25, -0.2) is 5.48 Å². The monoisotopic (exact) mass is 407 g/mol. The Labute approximate surface area is 167 Å². The Morgan fingerprint density at radius 1 is 1.21 bits per heavy atom. The van der Waals surface area contributed by atoms with Gasteiger partial charge in [-0.3, -0.25) is 10.0 Å². The Morgan fingerprint density at radius 2 is 1.96 bits per heavy atom. The minimum atomic E-state index is -3.76. The van der Waals surface area contributed by atoms with Crippen molar-refractivity contribution in [3.8, 4) is 0 Å². The molecule has 1 atom stereocenters. The standard InChI is InChI=1S/C20H29N3O4S/c1-2-5-16-7-9-17(10-8-16)18-11-14-22(15-12-18)28(26,27)23-13-4-3-6-19(23)20(24)21-25/h7-11,19,25H,2-6,12-15H2,1H3,(H,21,24)/t19-/m1/s1. The molecular formula is C20H29N3O4S. The van der Waals surface area contributed by atoms with Crippen LogP contribution in [-0.2, 0) is 21.4 Å². The van der Waals surface area contributed by atoms with Crippen LogP contribution in [0.25, 0.3) is 5.57 Å². The molecule has 0 aliphatic carbocycles. The highest BCUT2D eigenvalue weighted by atomic mass is 32.2. The summed E-state index contributed by atoms with van der Waals surface area (Å²) in [6.07, 6.45) is 6.67. The summed E-state index contributed by atoms with van der Waals surface area (Å²) in [4.78, 5) is 11.9. The van der Waals surface area contributed by atoms with Crippen molar-refractivity contribution < 1.29 is 18.4 Å². The zero-order valence-corrected chi connectivity index (χ0v) is 17.1. The highest BCUT2D eigenvalue weighted by Gasteiger charge is 2.40. The van der Waals surface area contributed by atoms with Crippen molar-refractivity contribution in [2.75, 3.05) is 19.6 Å². The van der Waals surface area contributed by atoms with Crippen LogP contribution >= 0.6 is 0 Å². The number of amides is 1. The van der Waals surface area contributed by atoms with E-state index in [0.29, 0.717) is 38.9 Å². The van der Waals surface area contributed by atoms with Gasteiger partial charge in [0, 0.05) is 19.6 Å². The summed E-state index contributed by atoms with van der Waals surface area (Å²) in [5, 5.41) is 8.95. The van der Waals surface area contributed by atoms with Gasteiger partial charge in [-0.1, -0.05) is 50.1 Å². The third-order valence-corrected chi connectivity index (χ3v) is 7.54. The number of hydroxylamine groups is 1. The van der Waals surface area contributed by atoms with E-state index < -0.39 is 22.2 Å². The van der Waals surface area contributed by atoms with Crippen LogP contribution in [0.3, 0.4) is 0 Å². The SMILES string of the molecule is CCCc1ccc(C2=CCN(S(=O)(=O)N3CCCC[C@@H]3C(=O)NO)CC2)cc1. The second-order valence-corrected chi connectivity index (χ2v) is 9.27. The number of nitrogens with one attached hydrogen (secondary N) is 1. The lowest BCUT2D eigenvalue weighted by molar-refractivity contribution is -0.134. The molecule has 2 N–H and O–H groups in total. The molecule has 0 bridgehead atoms. The van der Waals surface area contributed by atoms with E-state index in [4.69, 9.17) is 5.21 Å². The average Bonchev–Trinajstić information content (AvgIpc) is 2.74. The van der Waals surface area contributed by atoms with Crippen molar-refractivity contribution in [3.05, 3.63) is 41.5 Å². The lowest BCUT2D eigenvalue weighted by Crippen LogP contribution is -2.56. The predicted octanol–water partition coefficient (Wildman–Crippen LogP) is 2.33. The molecule has 1 aromatic rings. The van der Waals surface area contributed by atoms with Gasteiger partial charge in [0.25, 0.3) is 16.1 Å². The summed E-state index contributed by atoms with van der Waals surface area (Å²) in [6, 6.07) is 7.63. The smallest absolute Gasteiger partial charge is 0.283 e. The summed E-state index contributed by atoms with van der Waals surface area (Å²) in [6.45, 7) is 3.13. The number of rotatable bonds is 6. The third kappa shape index (κ3) is 4.46. The summed E-state index contributed by atoms with van der Waals surface area (Å²) in [5.41, 5.74) is 5.20. The van der Waals surface area contributed by atoms with E-state index in [1.807, 2.05) is 6.08 Å². The number of aryl methyl sites for hydroxylation is 1. The number of hydrogen-bond acceptors (Lipinski definition) is 4. The van der Waals surface area contributed by atoms with Gasteiger partial charge in [-0.2, -0.15) is 17.0 Å². The Bertz CT molecular complexity index is 820. The summed E-state index contributed by atoms with van der Waals surface area (Å²) >= 11 is 0. The molecule has 2 aliphatic heterocycles. The highest BCUT2D eigenvalue weighted by Crippen LogP contribution is 2.28. The van der Waals surface area contributed by atoms with Gasteiger partial charge < -0.3 is 0 Å². The van der Waals surface area contributed by atoms with E-state index in [1.165, 1.54) is 14.2 Å². The van der Waals surface area contributed by atoms with Crippen LogP contribution in [0.1, 0.15) is 50.2 Å². The van der Waals surface area contributed by atoms with Crippen LogP contribution in [0.2, 0.25) is 0 Å². The van der Waals surface area contributed by atoms with Gasteiger partial charge in [-0.15, -0.1) is 0 Å². The fourth-order valence-corrected chi connectivity index (χ4v) is 5.73. The normalized spacial score (nSPS) is 21.9. The molecule has 7 nitrogen and oxygen atoms in total. The molecule has 0 unspecified atom stereocenters. The number of hydrogen-bond donors (Lipinski definition) is 2. The van der Waals surface area contributed by atoms with Gasteiger partial charge in [0.1, 0.15) is 6.04 Å². The molecule has 0 spiro atoms. The molecular weight excluding hydrogens is 378 g/mol. The second kappa shape index (κ2) is 9.17. The van der Waals surface area contributed by atoms with Crippen molar-refractivity contribution in [2.24, 2.45) is 0 Å². The number of benzene rings is 1. The highest BCUT2D eigenvalue weighted by molar-refractivity contribution is 7.86. The van der Waals surface area contributed by atoms with E-state index >= 15 is 0 Å². The predicted molar refractivity (Wildman–Crippen MR) is 108 cm³/mol. The van der Waals surface area contributed by atoms with E-state index in [2.05, 4.69) is 31.2 Å². The van der Waals surface area contributed by atoms with Crippen molar-refractivity contribution >= 4 is 21.7 Å². The van der Waals surface area contributed by atoms with Crippen LogP contribution in [0.15, 0.2) is 30.3 Å². The first-order chi connectivity index (χ1) is 13.5. The van der Waals surface area contributed by atoms with Crippen LogP contribution < -0.4 is 5.48 Å². The third-order valence-electron chi connectivity index (χ3n) is 5.52. The fourth-order valence-electron chi connectivity index (χ4n) is 3.96. The molecule has 1 aromatic carbocycles. The average molecular weight is 408 g/mol. The van der Waals surface area contributed by atoms with E-state index in [0.717, 1.165) is 30.4 Å². The van der Waals surface area contributed by atoms with Crippen molar-refractivity contribution in [3.63, 3.8) is 0 Å². The van der Waals surface area contributed by atoms with Crippen LogP contribution in [0.5, 0.6) is 0 Å². The first kappa shape index (κ1) is 21.0. The molecule has 2 heterocycles. The van der Waals surface area contributed by atoms with Crippen molar-refractivity contribution in [1.82, 2.24) is 14.1 Å². The number of nitrogens with zero attached hydrogens (tertiary/aromatic N) is 2. The van der Waals surface area contributed by atoms with Crippen molar-refractivity contribution in [1.29, 1.82) is 0 Å². The van der Waals surface area contributed by atoms with Crippen LogP contribution in [0, 0.1) is 0 Å². The molecule has 1 saturated heterocycles. The zero-order valence-electron chi connectivity index (χ0n) is 16.3. The van der Waals surface area contributed by atoms with E-state index in [1.54, 1.807) is 5.48 Å². The molecule has 2 aliphatic rings. The fraction of sp³-hybridized carbons (Fsp3) is 0.550. The topological polar surface area (TPSA) is 90.0 Å². The molecule has 0 radical (unpaired) electrons. The molecule has 0 aromatic heterocycles. The van der Waals surface area contributed by atoms with Gasteiger partial charge in [0.2, 0.25) is 0 Å². The molecule has 8 heteroatoms. The first-order valence-electron chi connectivity index (χ1n) is 9.96. The quantitative estimate of drug-likeness (QED) is 0.559. The Kier molecular flexibility index (Phi) is 6.87. The second-order valence-electron chi connectivity index (χ2n) is 7.39. The molecule has 3 rings (SSSR count). The van der Waals surface area contributed by atoms with Gasteiger partial charge in [-0.05, 0) is 42.4 Å². The lowest BCUT2D eigenvalue weighted by atomic mass is 9.98. The Hall–Kier alpha value is -1.74. The van der Waals surface area contributed by atoms with E-state index in [-0.39, 0.29) is 0 Å². The zero-order chi connectivity index (χ0) is 20.1. The van der Waals surface area contributed by atoms with Crippen LogP contribution in [-0.4, -0.2) is 53.8 Å². The van der Waals surface area contributed by atoms with Crippen molar-refractivity contribution in [2.45, 2.75) is 51.5 Å². The van der Waals surface area contributed by atoms with Gasteiger partial charge in [0.05, 0.1) is 0 Å². The number of piperidine rings is 1. The molecule has 1 fully saturated rings. The van der Waals surface area contributed by atoms with Gasteiger partial charge in [0.15, 0.2) is 0 Å². The maximum absolute atomic E-state index is 13.1. The van der Waals surface area contributed by atoms with Crippen LogP contribution in [0.4, 0.5) is 0 Å². The lowest BCUT2D eigenvalue weighted by Gasteiger charge is -2.37. The molecule has 0 saturated carbocycles. The summed E-state index contributed by atoms with van der Waals surface area (Å²) < 4.78 is 28.8. The Balaban J connectivity index is 1.72. The molecule has 28 heavy (non-hydrogen) atoms. The largest absolute Gasteiger partial charge is 0.289 e. The Morgan fingerprint density at radius 3 is 2.57 bits per heavy atom.